The number of aryl methyl sites for hydroxylation is 1. The van der Waals surface area contributed by atoms with E-state index < -0.39 is 0 Å². The van der Waals surface area contributed by atoms with Crippen molar-refractivity contribution in [2.75, 3.05) is 26.7 Å². The molecule has 1 aliphatic heterocycles. The molecule has 1 aliphatic rings. The Morgan fingerprint density at radius 2 is 2.33 bits per heavy atom. The largest absolute Gasteiger partial charge is 0.508 e. The van der Waals surface area contributed by atoms with Crippen LogP contribution in [0, 0.1) is 12.8 Å². The Kier molecular flexibility index (Phi) is 3.87. The molecule has 1 aromatic rings. The van der Waals surface area contributed by atoms with Crippen LogP contribution in [0.15, 0.2) is 18.2 Å². The smallest absolute Gasteiger partial charge is 0.251 e. The molecule has 0 aromatic heterocycles. The lowest BCUT2D eigenvalue weighted by atomic mass is 10.1. The van der Waals surface area contributed by atoms with Gasteiger partial charge in [-0.15, -0.1) is 0 Å². The van der Waals surface area contributed by atoms with Gasteiger partial charge >= 0.3 is 0 Å². The monoisotopic (exact) mass is 248 g/mol. The standard InChI is InChI=1S/C14H20N2O2/c1-10-7-12(3-4-13(10)17)14(18)15-8-11-5-6-16(2)9-11/h3-4,7,11,17H,5-6,8-9H2,1-2H3,(H,15,18). The van der Waals surface area contributed by atoms with E-state index in [9.17, 15) is 9.90 Å². The zero-order valence-electron chi connectivity index (χ0n) is 10.9. The second-order valence-electron chi connectivity index (χ2n) is 5.13. The zero-order chi connectivity index (χ0) is 13.1. The fourth-order valence-electron chi connectivity index (χ4n) is 2.33. The number of phenols is 1. The van der Waals surface area contributed by atoms with E-state index in [-0.39, 0.29) is 11.7 Å². The molecule has 0 aliphatic carbocycles. The van der Waals surface area contributed by atoms with Crippen molar-refractivity contribution in [3.63, 3.8) is 0 Å². The van der Waals surface area contributed by atoms with Gasteiger partial charge in [0.05, 0.1) is 0 Å². The first-order chi connectivity index (χ1) is 8.56. The van der Waals surface area contributed by atoms with Crippen LogP contribution in [0.25, 0.3) is 0 Å². The van der Waals surface area contributed by atoms with Gasteiger partial charge in [0.2, 0.25) is 0 Å². The molecule has 0 radical (unpaired) electrons. The number of amides is 1. The summed E-state index contributed by atoms with van der Waals surface area (Å²) in [6.07, 6.45) is 1.14. The highest BCUT2D eigenvalue weighted by Gasteiger charge is 2.20. The summed E-state index contributed by atoms with van der Waals surface area (Å²) in [6.45, 7) is 4.68. The van der Waals surface area contributed by atoms with Crippen LogP contribution in [0.5, 0.6) is 5.75 Å². The van der Waals surface area contributed by atoms with Gasteiger partial charge in [0, 0.05) is 18.7 Å². The number of hydrogen-bond donors (Lipinski definition) is 2. The van der Waals surface area contributed by atoms with Gasteiger partial charge in [-0.1, -0.05) is 0 Å². The predicted molar refractivity (Wildman–Crippen MR) is 70.8 cm³/mol. The summed E-state index contributed by atoms with van der Waals surface area (Å²) in [5.41, 5.74) is 1.33. The number of carbonyl (C=O) groups is 1. The van der Waals surface area contributed by atoms with Gasteiger partial charge in [0.25, 0.3) is 5.91 Å². The molecule has 0 spiro atoms. The Balaban J connectivity index is 1.89. The van der Waals surface area contributed by atoms with Crippen molar-refractivity contribution in [2.45, 2.75) is 13.3 Å². The van der Waals surface area contributed by atoms with E-state index >= 15 is 0 Å². The Labute approximate surface area is 108 Å². The molecule has 1 fully saturated rings. The summed E-state index contributed by atoms with van der Waals surface area (Å²) in [5.74, 6) is 0.716. The van der Waals surface area contributed by atoms with E-state index in [1.54, 1.807) is 25.1 Å². The SMILES string of the molecule is Cc1cc(C(=O)NCC2CCN(C)C2)ccc1O. The third-order valence-electron chi connectivity index (χ3n) is 3.50. The van der Waals surface area contributed by atoms with Crippen molar-refractivity contribution < 1.29 is 9.90 Å². The third kappa shape index (κ3) is 3.01. The van der Waals surface area contributed by atoms with Crippen molar-refractivity contribution in [3.8, 4) is 5.75 Å². The van der Waals surface area contributed by atoms with E-state index in [0.717, 1.165) is 31.6 Å². The molecule has 2 rings (SSSR count). The summed E-state index contributed by atoms with van der Waals surface area (Å²) in [4.78, 5) is 14.2. The van der Waals surface area contributed by atoms with Crippen molar-refractivity contribution in [1.29, 1.82) is 0 Å². The minimum atomic E-state index is -0.0624. The van der Waals surface area contributed by atoms with E-state index in [4.69, 9.17) is 0 Å². The van der Waals surface area contributed by atoms with Crippen LogP contribution in [-0.4, -0.2) is 42.6 Å². The van der Waals surface area contributed by atoms with Crippen molar-refractivity contribution in [3.05, 3.63) is 29.3 Å². The second kappa shape index (κ2) is 5.40. The quantitative estimate of drug-likeness (QED) is 0.849. The number of phenolic OH excluding ortho intramolecular Hbond substituents is 1. The first kappa shape index (κ1) is 12.9. The fraction of sp³-hybridized carbons (Fsp3) is 0.500. The van der Waals surface area contributed by atoms with Crippen LogP contribution in [0.3, 0.4) is 0 Å². The van der Waals surface area contributed by atoms with Gasteiger partial charge in [-0.2, -0.15) is 0 Å². The van der Waals surface area contributed by atoms with Gasteiger partial charge in [0.1, 0.15) is 5.75 Å². The summed E-state index contributed by atoms with van der Waals surface area (Å²) < 4.78 is 0. The van der Waals surface area contributed by atoms with Crippen LogP contribution >= 0.6 is 0 Å². The number of aromatic hydroxyl groups is 1. The molecule has 1 saturated heterocycles. The number of nitrogens with zero attached hydrogens (tertiary/aromatic N) is 1. The fourth-order valence-corrected chi connectivity index (χ4v) is 2.33. The molecule has 1 heterocycles. The highest BCUT2D eigenvalue weighted by atomic mass is 16.3. The Hall–Kier alpha value is -1.55. The number of nitrogens with one attached hydrogen (secondary N) is 1. The van der Waals surface area contributed by atoms with Gasteiger partial charge < -0.3 is 15.3 Å². The number of carbonyl (C=O) groups excluding carboxylic acids is 1. The Morgan fingerprint density at radius 3 is 2.94 bits per heavy atom. The van der Waals surface area contributed by atoms with Crippen LogP contribution < -0.4 is 5.32 Å². The number of rotatable bonds is 3. The van der Waals surface area contributed by atoms with Crippen molar-refractivity contribution in [2.24, 2.45) is 5.92 Å². The van der Waals surface area contributed by atoms with Gasteiger partial charge in [0.15, 0.2) is 0 Å². The minimum Gasteiger partial charge on any atom is -0.508 e. The summed E-state index contributed by atoms with van der Waals surface area (Å²) in [6, 6.07) is 4.93. The molecule has 0 bridgehead atoms. The molecule has 0 saturated carbocycles. The molecule has 1 atom stereocenters. The molecule has 1 amide bonds. The summed E-state index contributed by atoms with van der Waals surface area (Å²) in [5, 5.41) is 12.4. The topological polar surface area (TPSA) is 52.6 Å². The second-order valence-corrected chi connectivity index (χ2v) is 5.13. The van der Waals surface area contributed by atoms with Gasteiger partial charge in [-0.25, -0.2) is 0 Å². The maximum Gasteiger partial charge on any atom is 0.251 e. The molecule has 2 N–H and O–H groups in total. The van der Waals surface area contributed by atoms with E-state index in [1.807, 2.05) is 0 Å². The minimum absolute atomic E-state index is 0.0624. The maximum absolute atomic E-state index is 11.9. The van der Waals surface area contributed by atoms with E-state index in [2.05, 4.69) is 17.3 Å². The Morgan fingerprint density at radius 1 is 1.56 bits per heavy atom. The van der Waals surface area contributed by atoms with Crippen LogP contribution in [0.2, 0.25) is 0 Å². The highest BCUT2D eigenvalue weighted by Crippen LogP contribution is 2.17. The maximum atomic E-state index is 11.9. The predicted octanol–water partition coefficient (Wildman–Crippen LogP) is 1.38. The number of hydrogen-bond acceptors (Lipinski definition) is 3. The van der Waals surface area contributed by atoms with Crippen molar-refractivity contribution in [1.82, 2.24) is 10.2 Å². The molecule has 98 valence electrons. The van der Waals surface area contributed by atoms with E-state index in [0.29, 0.717) is 11.5 Å². The van der Waals surface area contributed by atoms with Gasteiger partial charge in [-0.05, 0) is 56.6 Å². The molecule has 4 heteroatoms. The average molecular weight is 248 g/mol. The lowest BCUT2D eigenvalue weighted by Gasteiger charge is -2.12. The summed E-state index contributed by atoms with van der Waals surface area (Å²) in [7, 11) is 2.10. The van der Waals surface area contributed by atoms with Crippen LogP contribution in [0.1, 0.15) is 22.3 Å². The molecule has 18 heavy (non-hydrogen) atoms. The summed E-state index contributed by atoms with van der Waals surface area (Å²) >= 11 is 0. The molecular weight excluding hydrogens is 228 g/mol. The van der Waals surface area contributed by atoms with E-state index in [1.165, 1.54) is 0 Å². The van der Waals surface area contributed by atoms with Gasteiger partial charge in [-0.3, -0.25) is 4.79 Å². The van der Waals surface area contributed by atoms with Crippen LogP contribution in [-0.2, 0) is 0 Å². The molecule has 1 unspecified atom stereocenters. The molecule has 4 nitrogen and oxygen atoms in total. The zero-order valence-corrected chi connectivity index (χ0v) is 10.9. The lowest BCUT2D eigenvalue weighted by molar-refractivity contribution is 0.0947. The van der Waals surface area contributed by atoms with Crippen LogP contribution in [0.4, 0.5) is 0 Å². The first-order valence-corrected chi connectivity index (χ1v) is 6.32. The number of benzene rings is 1. The highest BCUT2D eigenvalue weighted by molar-refractivity contribution is 5.94. The lowest BCUT2D eigenvalue weighted by Crippen LogP contribution is -2.30. The van der Waals surface area contributed by atoms with Crippen molar-refractivity contribution >= 4 is 5.91 Å². The third-order valence-corrected chi connectivity index (χ3v) is 3.50. The normalized spacial score (nSPS) is 20.0. The first-order valence-electron chi connectivity index (χ1n) is 6.32. The molecule has 1 aromatic carbocycles. The average Bonchev–Trinajstić information content (AvgIpc) is 2.75. The Bertz CT molecular complexity index is 445. The number of likely N-dealkylation sites (tertiary alicyclic amines) is 1. The molecular formula is C14H20N2O2.